The summed E-state index contributed by atoms with van der Waals surface area (Å²) in [5.74, 6) is -0.278. The third-order valence-corrected chi connectivity index (χ3v) is 6.63. The minimum Gasteiger partial charge on any atom is -0.325 e. The molecule has 0 aliphatic rings. The first-order chi connectivity index (χ1) is 14.3. The molecule has 0 bridgehead atoms. The molecule has 4 aromatic rings. The van der Waals surface area contributed by atoms with Crippen LogP contribution in [0.3, 0.4) is 0 Å². The highest BCUT2D eigenvalue weighted by atomic mass is 79.9. The maximum atomic E-state index is 13.3. The van der Waals surface area contributed by atoms with Crippen molar-refractivity contribution in [2.24, 2.45) is 0 Å². The number of hydrogen-bond acceptors (Lipinski definition) is 4. The molecule has 0 saturated heterocycles. The Morgan fingerprint density at radius 1 is 1.10 bits per heavy atom. The Morgan fingerprint density at radius 3 is 2.53 bits per heavy atom. The number of benzene rings is 2. The van der Waals surface area contributed by atoms with Gasteiger partial charge in [-0.25, -0.2) is 4.98 Å². The highest BCUT2D eigenvalue weighted by Crippen LogP contribution is 2.36. The van der Waals surface area contributed by atoms with Crippen molar-refractivity contribution in [2.45, 2.75) is 27.3 Å². The fourth-order valence-electron chi connectivity index (χ4n) is 3.38. The molecule has 152 valence electrons. The third-order valence-electron chi connectivity index (χ3n) is 5.09. The normalized spacial score (nSPS) is 11.1. The summed E-state index contributed by atoms with van der Waals surface area (Å²) < 4.78 is 2.30. The van der Waals surface area contributed by atoms with E-state index in [1.54, 1.807) is 12.1 Å². The van der Waals surface area contributed by atoms with Crippen molar-refractivity contribution in [3.8, 4) is 11.1 Å². The van der Waals surface area contributed by atoms with Gasteiger partial charge in [0.25, 0.3) is 5.56 Å². The van der Waals surface area contributed by atoms with Crippen LogP contribution < -0.4 is 10.9 Å². The second-order valence-corrected chi connectivity index (χ2v) is 9.36. The molecule has 2 aromatic carbocycles. The Balaban J connectivity index is 1.71. The fraction of sp³-hybridized carbons (Fsp3) is 0.174. The molecule has 2 aromatic heterocycles. The zero-order valence-corrected chi connectivity index (χ0v) is 19.2. The van der Waals surface area contributed by atoms with Crippen molar-refractivity contribution < 1.29 is 4.79 Å². The molecule has 0 aliphatic heterocycles. The zero-order chi connectivity index (χ0) is 21.4. The monoisotopic (exact) mass is 481 g/mol. The molecular formula is C23H20BrN3O2S. The summed E-state index contributed by atoms with van der Waals surface area (Å²) in [5.41, 5.74) is 4.74. The van der Waals surface area contributed by atoms with Gasteiger partial charge in [-0.05, 0) is 61.7 Å². The van der Waals surface area contributed by atoms with Gasteiger partial charge in [0.15, 0.2) is 0 Å². The molecule has 0 atom stereocenters. The second-order valence-electron chi connectivity index (χ2n) is 7.25. The van der Waals surface area contributed by atoms with Crippen LogP contribution in [-0.2, 0) is 11.3 Å². The lowest BCUT2D eigenvalue weighted by Crippen LogP contribution is -2.27. The number of aromatic nitrogens is 2. The van der Waals surface area contributed by atoms with E-state index in [4.69, 9.17) is 0 Å². The molecule has 0 fully saturated rings. The lowest BCUT2D eigenvalue weighted by Gasteiger charge is -2.09. The quantitative estimate of drug-likeness (QED) is 0.421. The molecule has 1 amide bonds. The van der Waals surface area contributed by atoms with Crippen molar-refractivity contribution in [3.63, 3.8) is 0 Å². The number of nitrogens with zero attached hydrogens (tertiary/aromatic N) is 2. The van der Waals surface area contributed by atoms with E-state index >= 15 is 0 Å². The highest BCUT2D eigenvalue weighted by Gasteiger charge is 2.18. The number of anilines is 1. The SMILES string of the molecule is Cc1ccc(-c2c(C)sc3ncn(CC(=O)Nc4ccc(Br)cc4)c(=O)c23)cc1C. The van der Waals surface area contributed by atoms with Crippen LogP contribution in [0.5, 0.6) is 0 Å². The lowest BCUT2D eigenvalue weighted by atomic mass is 9.99. The Bertz CT molecular complexity index is 1320. The molecule has 2 heterocycles. The van der Waals surface area contributed by atoms with E-state index in [-0.39, 0.29) is 18.0 Å². The van der Waals surface area contributed by atoms with Crippen LogP contribution in [0.15, 0.2) is 58.1 Å². The number of aryl methyl sites for hydroxylation is 3. The predicted molar refractivity (Wildman–Crippen MR) is 126 cm³/mol. The van der Waals surface area contributed by atoms with E-state index in [0.717, 1.165) is 20.5 Å². The van der Waals surface area contributed by atoms with Crippen LogP contribution in [0.25, 0.3) is 21.3 Å². The van der Waals surface area contributed by atoms with E-state index in [9.17, 15) is 9.59 Å². The molecule has 1 N–H and O–H groups in total. The molecule has 0 aliphatic carbocycles. The molecule has 0 unspecified atom stereocenters. The largest absolute Gasteiger partial charge is 0.325 e. The zero-order valence-electron chi connectivity index (χ0n) is 16.8. The average molecular weight is 482 g/mol. The van der Waals surface area contributed by atoms with Crippen LogP contribution >= 0.6 is 27.3 Å². The molecule has 5 nitrogen and oxygen atoms in total. The molecule has 4 rings (SSSR count). The van der Waals surface area contributed by atoms with Crippen LogP contribution in [0.2, 0.25) is 0 Å². The first kappa shape index (κ1) is 20.5. The van der Waals surface area contributed by atoms with E-state index in [1.807, 2.05) is 25.1 Å². The van der Waals surface area contributed by atoms with Gasteiger partial charge >= 0.3 is 0 Å². The fourth-order valence-corrected chi connectivity index (χ4v) is 4.65. The third kappa shape index (κ3) is 3.95. The minimum absolute atomic E-state index is 0.0981. The summed E-state index contributed by atoms with van der Waals surface area (Å²) in [4.78, 5) is 31.9. The smallest absolute Gasteiger partial charge is 0.263 e. The number of thiophene rings is 1. The molecule has 0 radical (unpaired) electrons. The van der Waals surface area contributed by atoms with Gasteiger partial charge in [0.2, 0.25) is 5.91 Å². The Hall–Kier alpha value is -2.77. The number of amides is 1. The number of carbonyl (C=O) groups is 1. The summed E-state index contributed by atoms with van der Waals surface area (Å²) in [6.45, 7) is 6.03. The summed E-state index contributed by atoms with van der Waals surface area (Å²) >= 11 is 4.87. The summed E-state index contributed by atoms with van der Waals surface area (Å²) in [6, 6.07) is 13.5. The van der Waals surface area contributed by atoms with Crippen molar-refractivity contribution in [1.82, 2.24) is 9.55 Å². The first-order valence-electron chi connectivity index (χ1n) is 9.45. The van der Waals surface area contributed by atoms with Crippen molar-refractivity contribution in [3.05, 3.63) is 79.6 Å². The van der Waals surface area contributed by atoms with Crippen LogP contribution in [0.4, 0.5) is 5.69 Å². The van der Waals surface area contributed by atoms with E-state index in [1.165, 1.54) is 33.4 Å². The number of rotatable bonds is 4. The van der Waals surface area contributed by atoms with Crippen LogP contribution in [0, 0.1) is 20.8 Å². The minimum atomic E-state index is -0.278. The molecule has 0 saturated carbocycles. The molecular weight excluding hydrogens is 462 g/mol. The lowest BCUT2D eigenvalue weighted by molar-refractivity contribution is -0.116. The van der Waals surface area contributed by atoms with Gasteiger partial charge < -0.3 is 5.32 Å². The van der Waals surface area contributed by atoms with Gasteiger partial charge in [-0.1, -0.05) is 34.1 Å². The van der Waals surface area contributed by atoms with Crippen molar-refractivity contribution in [1.29, 1.82) is 0 Å². The van der Waals surface area contributed by atoms with Gasteiger partial charge in [-0.15, -0.1) is 11.3 Å². The average Bonchev–Trinajstić information content (AvgIpc) is 3.05. The maximum Gasteiger partial charge on any atom is 0.263 e. The van der Waals surface area contributed by atoms with Gasteiger partial charge in [-0.2, -0.15) is 0 Å². The van der Waals surface area contributed by atoms with Gasteiger partial charge in [0, 0.05) is 20.6 Å². The van der Waals surface area contributed by atoms with Crippen LogP contribution in [0.1, 0.15) is 16.0 Å². The van der Waals surface area contributed by atoms with Crippen molar-refractivity contribution in [2.75, 3.05) is 5.32 Å². The van der Waals surface area contributed by atoms with Gasteiger partial charge in [0.05, 0.1) is 11.7 Å². The molecule has 7 heteroatoms. The number of fused-ring (bicyclic) bond motifs is 1. The Morgan fingerprint density at radius 2 is 1.83 bits per heavy atom. The number of halogens is 1. The molecule has 0 spiro atoms. The summed E-state index contributed by atoms with van der Waals surface area (Å²) in [6.07, 6.45) is 1.45. The van der Waals surface area contributed by atoms with E-state index in [0.29, 0.717) is 15.9 Å². The van der Waals surface area contributed by atoms with Crippen molar-refractivity contribution >= 4 is 49.1 Å². The Kier molecular flexibility index (Phi) is 5.58. The van der Waals surface area contributed by atoms with E-state index < -0.39 is 0 Å². The first-order valence-corrected chi connectivity index (χ1v) is 11.1. The standard InChI is InChI=1S/C23H20BrN3O2S/c1-13-4-5-16(10-14(13)2)20-15(3)30-22-21(20)23(29)27(12-25-22)11-19(28)26-18-8-6-17(24)7-9-18/h4-10,12H,11H2,1-3H3,(H,26,28). The van der Waals surface area contributed by atoms with Crippen LogP contribution in [-0.4, -0.2) is 15.5 Å². The Labute approximate surface area is 186 Å². The van der Waals surface area contributed by atoms with Gasteiger partial charge in [0.1, 0.15) is 11.4 Å². The summed E-state index contributed by atoms with van der Waals surface area (Å²) in [5, 5.41) is 3.38. The maximum absolute atomic E-state index is 13.3. The highest BCUT2D eigenvalue weighted by molar-refractivity contribution is 9.10. The van der Waals surface area contributed by atoms with Gasteiger partial charge in [-0.3, -0.25) is 14.2 Å². The van der Waals surface area contributed by atoms with E-state index in [2.05, 4.69) is 52.2 Å². The number of nitrogens with one attached hydrogen (secondary N) is 1. The second kappa shape index (κ2) is 8.16. The topological polar surface area (TPSA) is 64.0 Å². The number of hydrogen-bond donors (Lipinski definition) is 1. The molecule has 30 heavy (non-hydrogen) atoms. The summed E-state index contributed by atoms with van der Waals surface area (Å²) in [7, 11) is 0. The number of carbonyl (C=O) groups excluding carboxylic acids is 1. The predicted octanol–water partition coefficient (Wildman–Crippen LogP) is 5.45.